The standard InChI is InChI=1S/C15H27N5O4/c1-9(2)12(17-8-21)14(23)18-10(3)15(24)20-7-5-6-11(19-20)13(22)16-4/h8-12,19H,5-7H2,1-4H3,(H,16,22)(H,17,21)(H,18,23)/t10-,11-,12-/m0/s1. The minimum atomic E-state index is -0.775. The van der Waals surface area contributed by atoms with Crippen LogP contribution < -0.4 is 21.4 Å². The van der Waals surface area contributed by atoms with Crippen molar-refractivity contribution >= 4 is 24.1 Å². The molecule has 4 amide bonds. The molecule has 1 saturated heterocycles. The quantitative estimate of drug-likeness (QED) is 0.420. The molecule has 4 N–H and O–H groups in total. The molecule has 0 saturated carbocycles. The molecule has 0 radical (unpaired) electrons. The highest BCUT2D eigenvalue weighted by Crippen LogP contribution is 2.09. The molecule has 0 bridgehead atoms. The molecule has 0 spiro atoms. The second-order valence-corrected chi connectivity index (χ2v) is 6.16. The van der Waals surface area contributed by atoms with E-state index in [2.05, 4.69) is 21.4 Å². The molecule has 0 aromatic rings. The minimum Gasteiger partial charge on any atom is -0.358 e. The SMILES string of the molecule is CNC(=O)[C@@H]1CCCN(C(=O)[C@H](C)NC(=O)[C@@H](NC=O)C(C)C)N1. The Hall–Kier alpha value is -2.16. The number of hydrazine groups is 1. The van der Waals surface area contributed by atoms with E-state index in [-0.39, 0.29) is 17.7 Å². The first kappa shape index (κ1) is 19.9. The topological polar surface area (TPSA) is 120 Å². The normalized spacial score (nSPS) is 20.0. The molecule has 1 fully saturated rings. The lowest BCUT2D eigenvalue weighted by molar-refractivity contribution is -0.143. The van der Waals surface area contributed by atoms with Crippen molar-refractivity contribution < 1.29 is 19.2 Å². The molecule has 3 atom stereocenters. The molecule has 9 nitrogen and oxygen atoms in total. The van der Waals surface area contributed by atoms with Crippen molar-refractivity contribution in [3.05, 3.63) is 0 Å². The van der Waals surface area contributed by atoms with E-state index in [1.807, 2.05) is 0 Å². The van der Waals surface area contributed by atoms with Crippen LogP contribution in [0, 0.1) is 5.92 Å². The van der Waals surface area contributed by atoms with Gasteiger partial charge in [0.2, 0.25) is 18.2 Å². The van der Waals surface area contributed by atoms with Crippen LogP contribution in [0.5, 0.6) is 0 Å². The van der Waals surface area contributed by atoms with Crippen molar-refractivity contribution in [2.24, 2.45) is 5.92 Å². The highest BCUT2D eigenvalue weighted by molar-refractivity contribution is 5.90. The van der Waals surface area contributed by atoms with Crippen molar-refractivity contribution in [3.8, 4) is 0 Å². The molecule has 1 rings (SSSR count). The van der Waals surface area contributed by atoms with Crippen molar-refractivity contribution in [1.29, 1.82) is 0 Å². The van der Waals surface area contributed by atoms with Gasteiger partial charge in [-0.15, -0.1) is 0 Å². The van der Waals surface area contributed by atoms with Gasteiger partial charge >= 0.3 is 0 Å². The predicted octanol–water partition coefficient (Wildman–Crippen LogP) is -1.50. The molecule has 0 aliphatic carbocycles. The Labute approximate surface area is 141 Å². The van der Waals surface area contributed by atoms with E-state index in [0.717, 1.165) is 0 Å². The third-order valence-electron chi connectivity index (χ3n) is 3.94. The molecule has 0 aromatic heterocycles. The number of carbonyl (C=O) groups is 4. The summed E-state index contributed by atoms with van der Waals surface area (Å²) in [5, 5.41) is 8.97. The molecule has 24 heavy (non-hydrogen) atoms. The Kier molecular flexibility index (Phi) is 7.63. The van der Waals surface area contributed by atoms with Crippen LogP contribution in [0.3, 0.4) is 0 Å². The second kappa shape index (κ2) is 9.21. The summed E-state index contributed by atoms with van der Waals surface area (Å²) in [6, 6.07) is -1.94. The fraction of sp³-hybridized carbons (Fsp3) is 0.733. The fourth-order valence-corrected chi connectivity index (χ4v) is 2.55. The number of nitrogens with one attached hydrogen (secondary N) is 4. The van der Waals surface area contributed by atoms with Gasteiger partial charge in [-0.25, -0.2) is 5.43 Å². The lowest BCUT2D eigenvalue weighted by Crippen LogP contribution is -2.61. The largest absolute Gasteiger partial charge is 0.358 e. The number of likely N-dealkylation sites (N-methyl/N-ethyl adjacent to an activating group) is 1. The van der Waals surface area contributed by atoms with Crippen LogP contribution in [0.2, 0.25) is 0 Å². The molecule has 1 heterocycles. The summed E-state index contributed by atoms with van der Waals surface area (Å²) in [4.78, 5) is 47.0. The first-order valence-electron chi connectivity index (χ1n) is 8.11. The van der Waals surface area contributed by atoms with E-state index in [9.17, 15) is 19.2 Å². The Bertz CT molecular complexity index is 482. The van der Waals surface area contributed by atoms with E-state index in [1.165, 1.54) is 5.01 Å². The molecular formula is C15H27N5O4. The van der Waals surface area contributed by atoms with E-state index in [1.54, 1.807) is 27.8 Å². The van der Waals surface area contributed by atoms with Crippen molar-refractivity contribution in [1.82, 2.24) is 26.4 Å². The highest BCUT2D eigenvalue weighted by Gasteiger charge is 2.31. The first-order chi connectivity index (χ1) is 11.3. The van der Waals surface area contributed by atoms with Gasteiger partial charge < -0.3 is 16.0 Å². The summed E-state index contributed by atoms with van der Waals surface area (Å²) in [6.45, 7) is 5.64. The van der Waals surface area contributed by atoms with Crippen LogP contribution in [0.1, 0.15) is 33.6 Å². The van der Waals surface area contributed by atoms with Gasteiger partial charge in [0.15, 0.2) is 0 Å². The van der Waals surface area contributed by atoms with Crippen LogP contribution in [0.4, 0.5) is 0 Å². The number of rotatable bonds is 7. The number of hydrogen-bond acceptors (Lipinski definition) is 5. The second-order valence-electron chi connectivity index (χ2n) is 6.16. The van der Waals surface area contributed by atoms with E-state index in [4.69, 9.17) is 0 Å². The molecule has 0 aromatic carbocycles. The number of nitrogens with zero attached hydrogens (tertiary/aromatic N) is 1. The first-order valence-corrected chi connectivity index (χ1v) is 8.11. The van der Waals surface area contributed by atoms with Gasteiger partial charge in [-0.1, -0.05) is 13.8 Å². The van der Waals surface area contributed by atoms with Crippen LogP contribution in [0.25, 0.3) is 0 Å². The summed E-state index contributed by atoms with van der Waals surface area (Å²) in [5.41, 5.74) is 2.88. The molecule has 9 heteroatoms. The van der Waals surface area contributed by atoms with E-state index < -0.39 is 24.0 Å². The third kappa shape index (κ3) is 5.19. The monoisotopic (exact) mass is 341 g/mol. The van der Waals surface area contributed by atoms with E-state index >= 15 is 0 Å². The summed E-state index contributed by atoms with van der Waals surface area (Å²) in [6.07, 6.45) is 1.80. The maximum absolute atomic E-state index is 12.5. The zero-order valence-electron chi connectivity index (χ0n) is 14.6. The molecular weight excluding hydrogens is 314 g/mol. The Morgan fingerprint density at radius 3 is 2.46 bits per heavy atom. The van der Waals surface area contributed by atoms with Crippen LogP contribution in [0.15, 0.2) is 0 Å². The third-order valence-corrected chi connectivity index (χ3v) is 3.94. The molecule has 1 aliphatic heterocycles. The average molecular weight is 341 g/mol. The van der Waals surface area contributed by atoms with Gasteiger partial charge in [0.1, 0.15) is 18.1 Å². The summed E-state index contributed by atoms with van der Waals surface area (Å²) in [5.74, 6) is -1.04. The smallest absolute Gasteiger partial charge is 0.258 e. The van der Waals surface area contributed by atoms with Crippen molar-refractivity contribution in [2.75, 3.05) is 13.6 Å². The average Bonchev–Trinajstić information content (AvgIpc) is 2.57. The van der Waals surface area contributed by atoms with Gasteiger partial charge in [-0.2, -0.15) is 0 Å². The number of hydrogen-bond donors (Lipinski definition) is 4. The highest BCUT2D eigenvalue weighted by atomic mass is 16.2. The number of carbonyl (C=O) groups excluding carboxylic acids is 4. The van der Waals surface area contributed by atoms with E-state index in [0.29, 0.717) is 25.8 Å². The molecule has 1 aliphatic rings. The lowest BCUT2D eigenvalue weighted by Gasteiger charge is -2.34. The van der Waals surface area contributed by atoms with Gasteiger partial charge in [0.05, 0.1) is 0 Å². The van der Waals surface area contributed by atoms with Crippen molar-refractivity contribution in [2.45, 2.75) is 51.7 Å². The summed E-state index contributed by atoms with van der Waals surface area (Å²) >= 11 is 0. The van der Waals surface area contributed by atoms with Gasteiger partial charge in [-0.3, -0.25) is 24.2 Å². The Morgan fingerprint density at radius 2 is 1.92 bits per heavy atom. The Morgan fingerprint density at radius 1 is 1.25 bits per heavy atom. The molecule has 0 unspecified atom stereocenters. The lowest BCUT2D eigenvalue weighted by atomic mass is 10.0. The zero-order valence-corrected chi connectivity index (χ0v) is 14.6. The maximum atomic E-state index is 12.5. The summed E-state index contributed by atoms with van der Waals surface area (Å²) in [7, 11) is 1.54. The van der Waals surface area contributed by atoms with Crippen LogP contribution in [-0.4, -0.2) is 60.9 Å². The minimum absolute atomic E-state index is 0.108. The van der Waals surface area contributed by atoms with Crippen LogP contribution in [-0.2, 0) is 19.2 Å². The predicted molar refractivity (Wildman–Crippen MR) is 87.4 cm³/mol. The number of amides is 4. The Balaban J connectivity index is 2.64. The van der Waals surface area contributed by atoms with Crippen molar-refractivity contribution in [3.63, 3.8) is 0 Å². The van der Waals surface area contributed by atoms with Gasteiger partial charge in [0, 0.05) is 13.6 Å². The van der Waals surface area contributed by atoms with Gasteiger partial charge in [0.25, 0.3) is 5.91 Å². The fourth-order valence-electron chi connectivity index (χ4n) is 2.55. The maximum Gasteiger partial charge on any atom is 0.258 e. The summed E-state index contributed by atoms with van der Waals surface area (Å²) < 4.78 is 0. The van der Waals surface area contributed by atoms with Gasteiger partial charge in [-0.05, 0) is 25.7 Å². The molecule has 136 valence electrons. The zero-order chi connectivity index (χ0) is 18.3. The van der Waals surface area contributed by atoms with Crippen LogP contribution >= 0.6 is 0 Å².